The molecule has 3 aromatic heterocycles. The molecule has 0 spiro atoms. The molecule has 0 aliphatic heterocycles. The van der Waals surface area contributed by atoms with Gasteiger partial charge in [0.15, 0.2) is 5.82 Å². The van der Waals surface area contributed by atoms with Gasteiger partial charge in [-0.1, -0.05) is 23.4 Å². The molecular weight excluding hydrogens is 302 g/mol. The number of aromatic nitrogens is 5. The summed E-state index contributed by atoms with van der Waals surface area (Å²) in [5, 5.41) is 5.21. The smallest absolute Gasteiger partial charge is 0.229 e. The normalized spacial score (nSPS) is 14.3. The molecule has 1 aliphatic carbocycles. The fraction of sp³-hybridized carbons (Fsp3) is 0.222. The third-order valence-corrected chi connectivity index (χ3v) is 4.30. The molecule has 0 atom stereocenters. The predicted molar refractivity (Wildman–Crippen MR) is 88.3 cm³/mol. The molecule has 3 heterocycles. The summed E-state index contributed by atoms with van der Waals surface area (Å²) in [5.74, 6) is 2.80. The molecule has 0 unspecified atom stereocenters. The molecule has 5 rings (SSSR count). The molecule has 6 heteroatoms. The van der Waals surface area contributed by atoms with E-state index in [4.69, 9.17) is 4.52 Å². The summed E-state index contributed by atoms with van der Waals surface area (Å²) in [7, 11) is 0. The minimum atomic E-state index is 0.472. The van der Waals surface area contributed by atoms with Crippen LogP contribution in [0.2, 0.25) is 0 Å². The van der Waals surface area contributed by atoms with Crippen molar-refractivity contribution in [2.24, 2.45) is 0 Å². The second-order valence-corrected chi connectivity index (χ2v) is 6.11. The largest absolute Gasteiger partial charge is 0.339 e. The number of hydrogen-bond donors (Lipinski definition) is 0. The van der Waals surface area contributed by atoms with Crippen molar-refractivity contribution in [1.29, 1.82) is 0 Å². The van der Waals surface area contributed by atoms with Crippen molar-refractivity contribution >= 4 is 10.9 Å². The molecule has 1 fully saturated rings. The van der Waals surface area contributed by atoms with Crippen LogP contribution in [-0.4, -0.2) is 24.7 Å². The fourth-order valence-corrected chi connectivity index (χ4v) is 2.88. The van der Waals surface area contributed by atoms with Gasteiger partial charge in [-0.15, -0.1) is 0 Å². The quantitative estimate of drug-likeness (QED) is 0.577. The zero-order valence-electron chi connectivity index (χ0n) is 13.0. The van der Waals surface area contributed by atoms with E-state index in [0.29, 0.717) is 18.3 Å². The Bertz CT molecular complexity index is 1010. The lowest BCUT2D eigenvalue weighted by molar-refractivity contribution is 0.373. The minimum Gasteiger partial charge on any atom is -0.339 e. The maximum Gasteiger partial charge on any atom is 0.229 e. The highest BCUT2D eigenvalue weighted by Gasteiger charge is 2.29. The van der Waals surface area contributed by atoms with E-state index in [9.17, 15) is 0 Å². The lowest BCUT2D eigenvalue weighted by Crippen LogP contribution is -2.03. The average Bonchev–Trinajstić information content (AvgIpc) is 3.19. The van der Waals surface area contributed by atoms with Crippen molar-refractivity contribution in [1.82, 2.24) is 24.7 Å². The summed E-state index contributed by atoms with van der Waals surface area (Å²) in [6.45, 7) is 0.547. The first-order chi connectivity index (χ1) is 11.9. The van der Waals surface area contributed by atoms with Gasteiger partial charge < -0.3 is 9.09 Å². The summed E-state index contributed by atoms with van der Waals surface area (Å²) in [5.41, 5.74) is 1.98. The van der Waals surface area contributed by atoms with Gasteiger partial charge in [0.25, 0.3) is 0 Å². The molecule has 4 aromatic rings. The highest BCUT2D eigenvalue weighted by molar-refractivity contribution is 5.82. The Balaban J connectivity index is 1.48. The first kappa shape index (κ1) is 13.4. The van der Waals surface area contributed by atoms with E-state index >= 15 is 0 Å². The van der Waals surface area contributed by atoms with Gasteiger partial charge in [-0.25, -0.2) is 4.98 Å². The molecule has 1 saturated carbocycles. The molecule has 24 heavy (non-hydrogen) atoms. The molecular formula is C18H15N5O. The monoisotopic (exact) mass is 317 g/mol. The van der Waals surface area contributed by atoms with Crippen molar-refractivity contribution in [2.75, 3.05) is 0 Å². The zero-order chi connectivity index (χ0) is 15.9. The van der Waals surface area contributed by atoms with Crippen molar-refractivity contribution < 1.29 is 4.52 Å². The number of fused-ring (bicyclic) bond motifs is 1. The number of pyridine rings is 1. The maximum atomic E-state index is 5.34. The third-order valence-electron chi connectivity index (χ3n) is 4.30. The first-order valence-electron chi connectivity index (χ1n) is 8.05. The van der Waals surface area contributed by atoms with Gasteiger partial charge in [-0.3, -0.25) is 4.98 Å². The van der Waals surface area contributed by atoms with Gasteiger partial charge in [0.1, 0.15) is 5.82 Å². The number of rotatable bonds is 4. The molecule has 0 N–H and O–H groups in total. The van der Waals surface area contributed by atoms with Crippen LogP contribution in [0.25, 0.3) is 22.3 Å². The minimum absolute atomic E-state index is 0.472. The van der Waals surface area contributed by atoms with Crippen LogP contribution in [0.5, 0.6) is 0 Å². The summed E-state index contributed by atoms with van der Waals surface area (Å²) < 4.78 is 7.37. The topological polar surface area (TPSA) is 69.6 Å². The second kappa shape index (κ2) is 5.26. The van der Waals surface area contributed by atoms with Crippen LogP contribution in [0.15, 0.2) is 53.4 Å². The highest BCUT2D eigenvalue weighted by atomic mass is 16.5. The third kappa shape index (κ3) is 2.36. The fourth-order valence-electron chi connectivity index (χ4n) is 2.88. The molecule has 0 radical (unpaired) electrons. The van der Waals surface area contributed by atoms with Crippen LogP contribution in [0, 0.1) is 0 Å². The molecule has 1 aliphatic rings. The van der Waals surface area contributed by atoms with Crippen LogP contribution >= 0.6 is 0 Å². The van der Waals surface area contributed by atoms with Crippen LogP contribution in [0.1, 0.15) is 30.5 Å². The van der Waals surface area contributed by atoms with Crippen molar-refractivity contribution in [2.45, 2.75) is 25.3 Å². The number of hydrogen-bond acceptors (Lipinski definition) is 5. The van der Waals surface area contributed by atoms with E-state index in [1.54, 1.807) is 12.4 Å². The Labute approximate surface area is 138 Å². The van der Waals surface area contributed by atoms with Gasteiger partial charge in [0, 0.05) is 35.5 Å². The highest BCUT2D eigenvalue weighted by Crippen LogP contribution is 2.38. The maximum absolute atomic E-state index is 5.34. The number of benzene rings is 1. The van der Waals surface area contributed by atoms with E-state index < -0.39 is 0 Å². The summed E-state index contributed by atoms with van der Waals surface area (Å²) in [6, 6.07) is 10.2. The Morgan fingerprint density at radius 1 is 1.12 bits per heavy atom. The first-order valence-corrected chi connectivity index (χ1v) is 8.05. The Morgan fingerprint density at radius 2 is 2.08 bits per heavy atom. The Hall–Kier alpha value is -3.02. The number of imidazole rings is 1. The van der Waals surface area contributed by atoms with E-state index in [1.165, 1.54) is 0 Å². The molecule has 0 saturated heterocycles. The molecule has 0 amide bonds. The van der Waals surface area contributed by atoms with E-state index in [-0.39, 0.29) is 0 Å². The predicted octanol–water partition coefficient (Wildman–Crippen LogP) is 3.41. The molecule has 0 bridgehead atoms. The van der Waals surface area contributed by atoms with Crippen LogP contribution in [0.3, 0.4) is 0 Å². The van der Waals surface area contributed by atoms with Gasteiger partial charge >= 0.3 is 0 Å². The average molecular weight is 317 g/mol. The van der Waals surface area contributed by atoms with Crippen molar-refractivity contribution in [3.05, 3.63) is 60.6 Å². The van der Waals surface area contributed by atoms with Gasteiger partial charge in [-0.05, 0) is 25.0 Å². The Kier molecular flexibility index (Phi) is 2.94. The van der Waals surface area contributed by atoms with E-state index in [0.717, 1.165) is 41.0 Å². The summed E-state index contributed by atoms with van der Waals surface area (Å²) >= 11 is 0. The molecule has 1 aromatic carbocycles. The second-order valence-electron chi connectivity index (χ2n) is 6.11. The number of nitrogens with zero attached hydrogens (tertiary/aromatic N) is 5. The van der Waals surface area contributed by atoms with Gasteiger partial charge in [0.2, 0.25) is 5.89 Å². The SMILES string of the molecule is c1cnc2cc(-c3nccn3Cc3noc(C4CC4)n3)ccc2c1. The lowest BCUT2D eigenvalue weighted by atomic mass is 10.1. The standard InChI is InChI=1S/C18H15N5O/c1-2-12-3-6-14(10-15(12)19-7-1)17-20-8-9-23(17)11-16-21-18(24-22-16)13-4-5-13/h1-3,6-10,13H,4-5,11H2. The van der Waals surface area contributed by atoms with Crippen molar-refractivity contribution in [3.63, 3.8) is 0 Å². The summed E-state index contributed by atoms with van der Waals surface area (Å²) in [6.07, 6.45) is 7.84. The molecule has 6 nitrogen and oxygen atoms in total. The van der Waals surface area contributed by atoms with Gasteiger partial charge in [-0.2, -0.15) is 4.98 Å². The van der Waals surface area contributed by atoms with Crippen LogP contribution in [0.4, 0.5) is 0 Å². The zero-order valence-corrected chi connectivity index (χ0v) is 13.0. The van der Waals surface area contributed by atoms with E-state index in [2.05, 4.69) is 44.4 Å². The van der Waals surface area contributed by atoms with Gasteiger partial charge in [0.05, 0.1) is 12.1 Å². The Morgan fingerprint density at radius 3 is 3.00 bits per heavy atom. The van der Waals surface area contributed by atoms with Crippen LogP contribution < -0.4 is 0 Å². The van der Waals surface area contributed by atoms with Crippen molar-refractivity contribution in [3.8, 4) is 11.4 Å². The van der Waals surface area contributed by atoms with E-state index in [1.807, 2.05) is 16.8 Å². The summed E-state index contributed by atoms with van der Waals surface area (Å²) in [4.78, 5) is 13.4. The lowest BCUT2D eigenvalue weighted by Gasteiger charge is -2.06. The molecule has 118 valence electrons. The van der Waals surface area contributed by atoms with Crippen LogP contribution in [-0.2, 0) is 6.54 Å².